The lowest BCUT2D eigenvalue weighted by Crippen LogP contribution is -2.30. The molecule has 1 amide bonds. The second kappa shape index (κ2) is 8.24. The predicted molar refractivity (Wildman–Crippen MR) is 103 cm³/mol. The zero-order chi connectivity index (χ0) is 21.2. The van der Waals surface area contributed by atoms with Crippen molar-refractivity contribution in [2.45, 2.75) is 18.6 Å². The first-order chi connectivity index (χ1) is 13.6. The van der Waals surface area contributed by atoms with Crippen LogP contribution in [0.1, 0.15) is 22.9 Å². The third kappa shape index (κ3) is 4.94. The summed E-state index contributed by atoms with van der Waals surface area (Å²) in [7, 11) is 1.60. The van der Waals surface area contributed by atoms with Crippen LogP contribution >= 0.6 is 15.9 Å². The molecule has 6 nitrogen and oxygen atoms in total. The molecule has 0 radical (unpaired) electrons. The summed E-state index contributed by atoms with van der Waals surface area (Å²) in [4.78, 5) is 11.4. The van der Waals surface area contributed by atoms with Crippen LogP contribution in [0.4, 0.5) is 18.0 Å². The Labute approximate surface area is 172 Å². The van der Waals surface area contributed by atoms with Gasteiger partial charge in [0.15, 0.2) is 0 Å². The molecule has 10 heteroatoms. The highest BCUT2D eigenvalue weighted by atomic mass is 79.9. The van der Waals surface area contributed by atoms with Crippen molar-refractivity contribution < 1.29 is 23.1 Å². The lowest BCUT2D eigenvalue weighted by Gasteiger charge is -2.19. The summed E-state index contributed by atoms with van der Waals surface area (Å²) in [5, 5.41) is 19.8. The van der Waals surface area contributed by atoms with Crippen LogP contribution in [0.5, 0.6) is 0 Å². The fourth-order valence-corrected chi connectivity index (χ4v) is 3.31. The summed E-state index contributed by atoms with van der Waals surface area (Å²) in [6.07, 6.45) is -5.78. The molecular weight excluding hydrogens is 453 g/mol. The molecule has 1 aromatic heterocycles. The molecule has 2 N–H and O–H groups in total. The van der Waals surface area contributed by atoms with E-state index in [1.807, 2.05) is 0 Å². The van der Waals surface area contributed by atoms with Crippen LogP contribution in [0.2, 0.25) is 0 Å². The summed E-state index contributed by atoms with van der Waals surface area (Å²) in [6.45, 7) is 0. The minimum atomic E-state index is -4.48. The van der Waals surface area contributed by atoms with Crippen LogP contribution in [-0.4, -0.2) is 26.2 Å². The number of halogens is 4. The molecule has 0 aliphatic rings. The van der Waals surface area contributed by atoms with E-state index in [0.29, 0.717) is 22.5 Å². The normalized spacial score (nSPS) is 12.6. The predicted octanol–water partition coefficient (Wildman–Crippen LogP) is 4.81. The molecule has 29 heavy (non-hydrogen) atoms. The third-order valence-corrected chi connectivity index (χ3v) is 4.84. The molecule has 0 spiro atoms. The monoisotopic (exact) mass is 468 g/mol. The lowest BCUT2D eigenvalue weighted by atomic mass is 9.98. The smallest absolute Gasteiger partial charge is 0.416 e. The average molecular weight is 469 g/mol. The SMILES string of the molecule is Cn1nnc(-c2ccc(Br)cc2)c1[C@@H](Cc1cccc(C(F)(F)F)c1)NC(=O)O. The van der Waals surface area contributed by atoms with E-state index in [1.54, 1.807) is 31.3 Å². The first-order valence-electron chi connectivity index (χ1n) is 8.46. The van der Waals surface area contributed by atoms with E-state index in [2.05, 4.69) is 31.6 Å². The molecule has 0 saturated carbocycles. The third-order valence-electron chi connectivity index (χ3n) is 4.31. The molecule has 0 bridgehead atoms. The fraction of sp³-hybridized carbons (Fsp3) is 0.211. The molecule has 3 aromatic rings. The molecule has 0 aliphatic heterocycles. The number of hydrogen-bond donors (Lipinski definition) is 2. The van der Waals surface area contributed by atoms with Crippen molar-refractivity contribution in [1.82, 2.24) is 20.3 Å². The number of carbonyl (C=O) groups is 1. The van der Waals surface area contributed by atoms with E-state index in [9.17, 15) is 23.1 Å². The van der Waals surface area contributed by atoms with Gasteiger partial charge in [0, 0.05) is 17.1 Å². The van der Waals surface area contributed by atoms with Crippen molar-refractivity contribution in [1.29, 1.82) is 0 Å². The van der Waals surface area contributed by atoms with Crippen molar-refractivity contribution in [2.24, 2.45) is 7.05 Å². The van der Waals surface area contributed by atoms with E-state index < -0.39 is 23.9 Å². The van der Waals surface area contributed by atoms with Crippen LogP contribution in [0.25, 0.3) is 11.3 Å². The van der Waals surface area contributed by atoms with Crippen LogP contribution in [-0.2, 0) is 19.6 Å². The Morgan fingerprint density at radius 1 is 1.24 bits per heavy atom. The van der Waals surface area contributed by atoms with E-state index in [1.165, 1.54) is 16.8 Å². The number of aryl methyl sites for hydroxylation is 1. The van der Waals surface area contributed by atoms with Crippen molar-refractivity contribution in [2.75, 3.05) is 0 Å². The number of amides is 1. The van der Waals surface area contributed by atoms with Gasteiger partial charge in [0.1, 0.15) is 5.69 Å². The number of alkyl halides is 3. The van der Waals surface area contributed by atoms with Gasteiger partial charge in [-0.3, -0.25) is 0 Å². The van der Waals surface area contributed by atoms with Crippen LogP contribution < -0.4 is 5.32 Å². The minimum Gasteiger partial charge on any atom is -0.465 e. The van der Waals surface area contributed by atoms with Crippen LogP contribution in [0.3, 0.4) is 0 Å². The van der Waals surface area contributed by atoms with Crippen LogP contribution in [0.15, 0.2) is 53.0 Å². The number of rotatable bonds is 5. The number of nitrogens with one attached hydrogen (secondary N) is 1. The first kappa shape index (κ1) is 20.8. The topological polar surface area (TPSA) is 80.0 Å². The van der Waals surface area contributed by atoms with E-state index in [-0.39, 0.29) is 6.42 Å². The van der Waals surface area contributed by atoms with Gasteiger partial charge in [-0.15, -0.1) is 5.10 Å². The van der Waals surface area contributed by atoms with Gasteiger partial charge in [-0.05, 0) is 30.2 Å². The van der Waals surface area contributed by atoms with Crippen molar-refractivity contribution in [3.8, 4) is 11.3 Å². The highest BCUT2D eigenvalue weighted by Gasteiger charge is 2.31. The molecule has 152 valence electrons. The van der Waals surface area contributed by atoms with Gasteiger partial charge in [0.05, 0.1) is 17.3 Å². The molecule has 2 aromatic carbocycles. The minimum absolute atomic E-state index is 0.000954. The van der Waals surface area contributed by atoms with E-state index >= 15 is 0 Å². The Morgan fingerprint density at radius 3 is 2.55 bits per heavy atom. The Balaban J connectivity index is 2.02. The van der Waals surface area contributed by atoms with Crippen molar-refractivity contribution >= 4 is 22.0 Å². The van der Waals surface area contributed by atoms with Gasteiger partial charge in [-0.25, -0.2) is 9.48 Å². The lowest BCUT2D eigenvalue weighted by molar-refractivity contribution is -0.137. The standard InChI is InChI=1S/C19H16BrF3N4O2/c1-27-17(16(25-26-27)12-5-7-14(20)8-6-12)15(24-18(28)29)10-11-3-2-4-13(9-11)19(21,22)23/h2-9,15,24H,10H2,1H3,(H,28,29)/t15-/m1/s1. The number of benzene rings is 2. The van der Waals surface area contributed by atoms with Gasteiger partial charge in [0.25, 0.3) is 0 Å². The largest absolute Gasteiger partial charge is 0.465 e. The zero-order valence-corrected chi connectivity index (χ0v) is 16.7. The highest BCUT2D eigenvalue weighted by molar-refractivity contribution is 9.10. The average Bonchev–Trinajstić information content (AvgIpc) is 3.02. The van der Waals surface area contributed by atoms with Gasteiger partial charge < -0.3 is 10.4 Å². The van der Waals surface area contributed by atoms with Gasteiger partial charge in [-0.2, -0.15) is 13.2 Å². The maximum Gasteiger partial charge on any atom is 0.416 e. The Hall–Kier alpha value is -2.88. The number of carboxylic acid groups (broad SMARTS) is 1. The molecule has 1 atom stereocenters. The van der Waals surface area contributed by atoms with Crippen molar-refractivity contribution in [3.63, 3.8) is 0 Å². The maximum absolute atomic E-state index is 13.0. The molecule has 0 aliphatic carbocycles. The zero-order valence-electron chi connectivity index (χ0n) is 15.1. The maximum atomic E-state index is 13.0. The Morgan fingerprint density at radius 2 is 1.93 bits per heavy atom. The second-order valence-corrected chi connectivity index (χ2v) is 7.27. The summed E-state index contributed by atoms with van der Waals surface area (Å²) in [5.41, 5.74) is 1.15. The number of aromatic nitrogens is 3. The Kier molecular flexibility index (Phi) is 5.92. The molecule has 0 fully saturated rings. The summed E-state index contributed by atoms with van der Waals surface area (Å²) < 4.78 is 41.4. The fourth-order valence-electron chi connectivity index (χ4n) is 3.04. The highest BCUT2D eigenvalue weighted by Crippen LogP contribution is 2.32. The number of nitrogens with zero attached hydrogens (tertiary/aromatic N) is 3. The van der Waals surface area contributed by atoms with Gasteiger partial charge >= 0.3 is 12.3 Å². The van der Waals surface area contributed by atoms with E-state index in [4.69, 9.17) is 0 Å². The van der Waals surface area contributed by atoms with E-state index in [0.717, 1.165) is 16.6 Å². The summed E-state index contributed by atoms with van der Waals surface area (Å²) in [5.74, 6) is 0. The number of hydrogen-bond acceptors (Lipinski definition) is 3. The molecular formula is C19H16BrF3N4O2. The summed E-state index contributed by atoms with van der Waals surface area (Å²) in [6, 6.07) is 11.2. The van der Waals surface area contributed by atoms with Gasteiger partial charge in [-0.1, -0.05) is 51.5 Å². The molecule has 0 saturated heterocycles. The summed E-state index contributed by atoms with van der Waals surface area (Å²) >= 11 is 3.35. The molecule has 0 unspecified atom stereocenters. The Bertz CT molecular complexity index is 1020. The quantitative estimate of drug-likeness (QED) is 0.562. The first-order valence-corrected chi connectivity index (χ1v) is 9.25. The van der Waals surface area contributed by atoms with Crippen LogP contribution in [0, 0.1) is 0 Å². The second-order valence-electron chi connectivity index (χ2n) is 6.36. The molecule has 3 rings (SSSR count). The molecule has 1 heterocycles. The van der Waals surface area contributed by atoms with Gasteiger partial charge in [0.2, 0.25) is 0 Å². The van der Waals surface area contributed by atoms with Crippen molar-refractivity contribution in [3.05, 3.63) is 69.8 Å².